The first-order chi connectivity index (χ1) is 8.31. The third kappa shape index (κ3) is 3.62. The van der Waals surface area contributed by atoms with E-state index in [4.69, 9.17) is 0 Å². The Morgan fingerprint density at radius 2 is 2.29 bits per heavy atom. The van der Waals surface area contributed by atoms with Gasteiger partial charge in [0, 0.05) is 18.3 Å². The van der Waals surface area contributed by atoms with Gasteiger partial charge in [-0.2, -0.15) is 11.8 Å². The van der Waals surface area contributed by atoms with Gasteiger partial charge in [0.05, 0.1) is 6.04 Å². The van der Waals surface area contributed by atoms with Crippen LogP contribution in [0.25, 0.3) is 0 Å². The molecule has 98 valence electrons. The fourth-order valence-electron chi connectivity index (χ4n) is 2.63. The van der Waals surface area contributed by atoms with Crippen LogP contribution in [0.1, 0.15) is 39.0 Å². The summed E-state index contributed by atoms with van der Waals surface area (Å²) in [7, 11) is 0. The largest absolute Gasteiger partial charge is 0.340 e. The molecule has 0 radical (unpaired) electrons. The summed E-state index contributed by atoms with van der Waals surface area (Å²) in [5.74, 6) is 1.62. The first-order valence-electron chi connectivity index (χ1n) is 6.95. The van der Waals surface area contributed by atoms with E-state index in [1.54, 1.807) is 0 Å². The normalized spacial score (nSPS) is 29.9. The van der Waals surface area contributed by atoms with Gasteiger partial charge in [0.2, 0.25) is 5.91 Å². The predicted molar refractivity (Wildman–Crippen MR) is 73.4 cm³/mol. The Hall–Kier alpha value is -0.220. The molecule has 4 heteroatoms. The van der Waals surface area contributed by atoms with Gasteiger partial charge in [-0.1, -0.05) is 13.3 Å². The maximum atomic E-state index is 12.1. The molecule has 0 aliphatic carbocycles. The van der Waals surface area contributed by atoms with Gasteiger partial charge in [0.15, 0.2) is 0 Å². The average molecular weight is 256 g/mol. The molecular formula is C13H24N2OS. The zero-order valence-corrected chi connectivity index (χ0v) is 11.6. The van der Waals surface area contributed by atoms with Gasteiger partial charge in [-0.25, -0.2) is 0 Å². The molecule has 2 heterocycles. The van der Waals surface area contributed by atoms with E-state index < -0.39 is 0 Å². The second-order valence-corrected chi connectivity index (χ2v) is 6.48. The molecule has 2 fully saturated rings. The summed E-state index contributed by atoms with van der Waals surface area (Å²) >= 11 is 2.06. The van der Waals surface area contributed by atoms with Crippen LogP contribution in [-0.4, -0.2) is 47.5 Å². The van der Waals surface area contributed by atoms with Crippen molar-refractivity contribution in [3.8, 4) is 0 Å². The van der Waals surface area contributed by atoms with Gasteiger partial charge in [-0.3, -0.25) is 4.79 Å². The molecule has 17 heavy (non-hydrogen) atoms. The van der Waals surface area contributed by atoms with Crippen LogP contribution in [0.5, 0.6) is 0 Å². The van der Waals surface area contributed by atoms with E-state index in [0.717, 1.165) is 32.5 Å². The molecule has 2 atom stereocenters. The number of thioether (sulfide) groups is 1. The third-order valence-corrected chi connectivity index (χ3v) is 5.02. The fourth-order valence-corrected chi connectivity index (χ4v) is 3.95. The second kappa shape index (κ2) is 6.64. The van der Waals surface area contributed by atoms with Crippen molar-refractivity contribution in [2.24, 2.45) is 0 Å². The minimum atomic E-state index is 0.101. The van der Waals surface area contributed by atoms with Crippen molar-refractivity contribution in [2.75, 3.05) is 25.4 Å². The van der Waals surface area contributed by atoms with Crippen molar-refractivity contribution in [2.45, 2.75) is 50.3 Å². The van der Waals surface area contributed by atoms with Crippen LogP contribution >= 0.6 is 11.8 Å². The van der Waals surface area contributed by atoms with Crippen molar-refractivity contribution < 1.29 is 4.79 Å². The number of hydrogen-bond acceptors (Lipinski definition) is 3. The molecule has 0 bridgehead atoms. The summed E-state index contributed by atoms with van der Waals surface area (Å²) in [6.07, 6.45) is 6.09. The third-order valence-electron chi connectivity index (χ3n) is 3.64. The van der Waals surface area contributed by atoms with E-state index in [-0.39, 0.29) is 6.04 Å². The number of amides is 1. The van der Waals surface area contributed by atoms with Gasteiger partial charge < -0.3 is 10.2 Å². The SMILES string of the molecule is CCCNC1CCN(CC2CCCCS2)C1=O. The number of carbonyl (C=O) groups is 1. The van der Waals surface area contributed by atoms with Crippen LogP contribution in [0.15, 0.2) is 0 Å². The molecule has 0 spiro atoms. The number of carbonyl (C=O) groups excluding carboxylic acids is 1. The highest BCUT2D eigenvalue weighted by Gasteiger charge is 2.32. The maximum absolute atomic E-state index is 12.1. The molecular weight excluding hydrogens is 232 g/mol. The molecule has 3 nitrogen and oxygen atoms in total. The predicted octanol–water partition coefficient (Wildman–Crippen LogP) is 1.87. The van der Waals surface area contributed by atoms with Crippen molar-refractivity contribution in [3.63, 3.8) is 0 Å². The van der Waals surface area contributed by atoms with E-state index in [0.29, 0.717) is 11.2 Å². The molecule has 0 aromatic carbocycles. The highest BCUT2D eigenvalue weighted by molar-refractivity contribution is 7.99. The molecule has 2 aliphatic rings. The van der Waals surface area contributed by atoms with Crippen molar-refractivity contribution >= 4 is 17.7 Å². The van der Waals surface area contributed by atoms with Crippen LogP contribution in [-0.2, 0) is 4.79 Å². The lowest BCUT2D eigenvalue weighted by atomic mass is 10.2. The summed E-state index contributed by atoms with van der Waals surface area (Å²) in [4.78, 5) is 14.2. The summed E-state index contributed by atoms with van der Waals surface area (Å²) in [6, 6.07) is 0.101. The monoisotopic (exact) mass is 256 g/mol. The Balaban J connectivity index is 1.76. The zero-order chi connectivity index (χ0) is 12.1. The van der Waals surface area contributed by atoms with Crippen molar-refractivity contribution in [1.82, 2.24) is 10.2 Å². The van der Waals surface area contributed by atoms with E-state index in [1.165, 1.54) is 25.0 Å². The van der Waals surface area contributed by atoms with E-state index >= 15 is 0 Å². The average Bonchev–Trinajstić information content (AvgIpc) is 2.70. The Morgan fingerprint density at radius 3 is 3.00 bits per heavy atom. The van der Waals surface area contributed by atoms with E-state index in [1.807, 2.05) is 0 Å². The quantitative estimate of drug-likeness (QED) is 0.815. The summed E-state index contributed by atoms with van der Waals surface area (Å²) in [6.45, 7) is 5.04. The zero-order valence-electron chi connectivity index (χ0n) is 10.8. The molecule has 0 saturated carbocycles. The topological polar surface area (TPSA) is 32.3 Å². The minimum absolute atomic E-state index is 0.101. The molecule has 1 amide bonds. The molecule has 0 aromatic rings. The number of nitrogens with zero attached hydrogens (tertiary/aromatic N) is 1. The van der Waals surface area contributed by atoms with Gasteiger partial charge in [0.1, 0.15) is 0 Å². The molecule has 2 rings (SSSR count). The first-order valence-corrected chi connectivity index (χ1v) is 8.00. The van der Waals surface area contributed by atoms with E-state index in [2.05, 4.69) is 28.9 Å². The highest BCUT2D eigenvalue weighted by atomic mass is 32.2. The Kier molecular flexibility index (Phi) is 5.16. The van der Waals surface area contributed by atoms with Crippen molar-refractivity contribution in [1.29, 1.82) is 0 Å². The summed E-state index contributed by atoms with van der Waals surface area (Å²) < 4.78 is 0. The molecule has 1 N–H and O–H groups in total. The minimum Gasteiger partial charge on any atom is -0.340 e. The van der Waals surface area contributed by atoms with Gasteiger partial charge >= 0.3 is 0 Å². The number of rotatable bonds is 5. The fraction of sp³-hybridized carbons (Fsp3) is 0.923. The Bertz CT molecular complexity index is 254. The standard InChI is InChI=1S/C13H24N2OS/c1-2-7-14-12-6-8-15(13(12)16)10-11-5-3-4-9-17-11/h11-12,14H,2-10H2,1H3. The molecule has 2 unspecified atom stereocenters. The molecule has 0 aromatic heterocycles. The van der Waals surface area contributed by atoms with Crippen LogP contribution in [0.4, 0.5) is 0 Å². The van der Waals surface area contributed by atoms with Gasteiger partial charge in [-0.15, -0.1) is 0 Å². The second-order valence-electron chi connectivity index (χ2n) is 5.07. The summed E-state index contributed by atoms with van der Waals surface area (Å²) in [5.41, 5.74) is 0. The number of likely N-dealkylation sites (tertiary alicyclic amines) is 1. The van der Waals surface area contributed by atoms with Crippen LogP contribution in [0.2, 0.25) is 0 Å². The van der Waals surface area contributed by atoms with Crippen molar-refractivity contribution in [3.05, 3.63) is 0 Å². The number of nitrogens with one attached hydrogen (secondary N) is 1. The Labute approximate surface area is 109 Å². The summed E-state index contributed by atoms with van der Waals surface area (Å²) in [5, 5.41) is 4.04. The maximum Gasteiger partial charge on any atom is 0.239 e. The lowest BCUT2D eigenvalue weighted by Crippen LogP contribution is -2.41. The van der Waals surface area contributed by atoms with Gasteiger partial charge in [0.25, 0.3) is 0 Å². The number of hydrogen-bond donors (Lipinski definition) is 1. The highest BCUT2D eigenvalue weighted by Crippen LogP contribution is 2.27. The van der Waals surface area contributed by atoms with E-state index in [9.17, 15) is 4.79 Å². The first kappa shape index (κ1) is 13.2. The van der Waals surface area contributed by atoms with Crippen LogP contribution in [0.3, 0.4) is 0 Å². The lowest BCUT2D eigenvalue weighted by Gasteiger charge is -2.26. The lowest BCUT2D eigenvalue weighted by molar-refractivity contribution is -0.129. The Morgan fingerprint density at radius 1 is 1.41 bits per heavy atom. The smallest absolute Gasteiger partial charge is 0.239 e. The van der Waals surface area contributed by atoms with Gasteiger partial charge in [-0.05, 0) is 38.0 Å². The van der Waals surface area contributed by atoms with Crippen LogP contribution in [0, 0.1) is 0 Å². The molecule has 2 aliphatic heterocycles. The van der Waals surface area contributed by atoms with Crippen LogP contribution < -0.4 is 5.32 Å². The molecule has 2 saturated heterocycles.